The minimum atomic E-state index is -3.45. The predicted molar refractivity (Wildman–Crippen MR) is 94.4 cm³/mol. The van der Waals surface area contributed by atoms with Gasteiger partial charge in [0.25, 0.3) is 0 Å². The van der Waals surface area contributed by atoms with E-state index in [0.29, 0.717) is 0 Å². The van der Waals surface area contributed by atoms with Crippen LogP contribution in [0.1, 0.15) is 37.7 Å². The van der Waals surface area contributed by atoms with Gasteiger partial charge in [0, 0.05) is 17.1 Å². The van der Waals surface area contributed by atoms with Gasteiger partial charge < -0.3 is 5.32 Å². The molecule has 23 heavy (non-hydrogen) atoms. The Labute approximate surface area is 146 Å². The first-order valence-corrected chi connectivity index (χ1v) is 10.5. The van der Waals surface area contributed by atoms with Gasteiger partial charge in [0.2, 0.25) is 15.9 Å². The van der Waals surface area contributed by atoms with Crippen molar-refractivity contribution < 1.29 is 13.2 Å². The number of carbonyl (C=O) groups excluding carboxylic acids is 1. The molecule has 1 fully saturated rings. The Morgan fingerprint density at radius 3 is 2.39 bits per heavy atom. The Kier molecular flexibility index (Phi) is 6.61. The van der Waals surface area contributed by atoms with Gasteiger partial charge in [-0.1, -0.05) is 47.3 Å². The van der Waals surface area contributed by atoms with Gasteiger partial charge in [0.1, 0.15) is 0 Å². The number of nitrogens with zero attached hydrogens (tertiary/aromatic N) is 1. The van der Waals surface area contributed by atoms with Crippen LogP contribution in [0.5, 0.6) is 0 Å². The molecule has 1 aromatic carbocycles. The molecule has 0 bridgehead atoms. The van der Waals surface area contributed by atoms with Crippen molar-refractivity contribution in [2.45, 2.75) is 44.7 Å². The molecule has 1 amide bonds. The third-order valence-corrected chi connectivity index (χ3v) is 5.76. The van der Waals surface area contributed by atoms with Crippen molar-refractivity contribution in [1.29, 1.82) is 0 Å². The van der Waals surface area contributed by atoms with E-state index in [1.807, 2.05) is 24.3 Å². The van der Waals surface area contributed by atoms with Crippen molar-refractivity contribution in [2.75, 3.05) is 12.8 Å². The summed E-state index contributed by atoms with van der Waals surface area (Å²) in [5.41, 5.74) is 0.851. The second kappa shape index (κ2) is 8.26. The van der Waals surface area contributed by atoms with Crippen molar-refractivity contribution in [3.05, 3.63) is 34.3 Å². The fraction of sp³-hybridized carbons (Fsp3) is 0.562. The lowest BCUT2D eigenvalue weighted by Gasteiger charge is -2.25. The van der Waals surface area contributed by atoms with E-state index in [-0.39, 0.29) is 25.0 Å². The molecule has 0 radical (unpaired) electrons. The van der Waals surface area contributed by atoms with E-state index in [2.05, 4.69) is 21.2 Å². The van der Waals surface area contributed by atoms with Gasteiger partial charge in [-0.2, -0.15) is 4.31 Å². The van der Waals surface area contributed by atoms with Gasteiger partial charge in [0.15, 0.2) is 0 Å². The summed E-state index contributed by atoms with van der Waals surface area (Å²) in [6, 6.07) is 7.60. The summed E-state index contributed by atoms with van der Waals surface area (Å²) in [6.07, 6.45) is 6.57. The Bertz CT molecular complexity index is 625. The topological polar surface area (TPSA) is 66.5 Å². The number of sulfonamides is 1. The Balaban J connectivity index is 1.98. The largest absolute Gasteiger partial charge is 0.352 e. The molecule has 1 aliphatic carbocycles. The van der Waals surface area contributed by atoms with Crippen LogP contribution in [-0.4, -0.2) is 37.5 Å². The van der Waals surface area contributed by atoms with E-state index in [1.165, 1.54) is 10.7 Å². The number of carbonyl (C=O) groups is 1. The predicted octanol–water partition coefficient (Wildman–Crippen LogP) is 2.66. The molecule has 0 atom stereocenters. The number of rotatable bonds is 6. The van der Waals surface area contributed by atoms with E-state index >= 15 is 0 Å². The summed E-state index contributed by atoms with van der Waals surface area (Å²) < 4.78 is 26.1. The molecule has 0 heterocycles. The Hall–Kier alpha value is -0.920. The molecule has 1 saturated carbocycles. The number of amides is 1. The average molecular weight is 403 g/mol. The van der Waals surface area contributed by atoms with E-state index in [9.17, 15) is 13.2 Å². The molecule has 1 N–H and O–H groups in total. The molecule has 0 saturated heterocycles. The fourth-order valence-corrected chi connectivity index (χ4v) is 3.76. The molecular weight excluding hydrogens is 380 g/mol. The SMILES string of the molecule is CS(=O)(=O)N(CC(=O)NC1CCCCC1)Cc1ccc(Br)cc1. The van der Waals surface area contributed by atoms with Gasteiger partial charge in [-0.25, -0.2) is 8.42 Å². The van der Waals surface area contributed by atoms with E-state index in [4.69, 9.17) is 0 Å². The quantitative estimate of drug-likeness (QED) is 0.794. The number of hydrogen-bond acceptors (Lipinski definition) is 3. The maximum atomic E-state index is 12.2. The maximum absolute atomic E-state index is 12.2. The van der Waals surface area contributed by atoms with Gasteiger partial charge in [0.05, 0.1) is 12.8 Å². The highest BCUT2D eigenvalue weighted by atomic mass is 79.9. The minimum Gasteiger partial charge on any atom is -0.352 e. The molecule has 0 spiro atoms. The third-order valence-electron chi connectivity index (χ3n) is 4.03. The smallest absolute Gasteiger partial charge is 0.235 e. The highest BCUT2D eigenvalue weighted by Crippen LogP contribution is 2.18. The van der Waals surface area contributed by atoms with Crippen LogP contribution in [-0.2, 0) is 21.4 Å². The standard InChI is InChI=1S/C16H23BrN2O3S/c1-23(21,22)19(11-13-7-9-14(17)10-8-13)12-16(20)18-15-5-3-2-4-6-15/h7-10,15H,2-6,11-12H2,1H3,(H,18,20). The van der Waals surface area contributed by atoms with Crippen LogP contribution in [0, 0.1) is 0 Å². The summed E-state index contributed by atoms with van der Waals surface area (Å²) >= 11 is 3.35. The zero-order valence-electron chi connectivity index (χ0n) is 13.3. The van der Waals surface area contributed by atoms with Crippen LogP contribution < -0.4 is 5.32 Å². The molecule has 128 valence electrons. The van der Waals surface area contributed by atoms with Gasteiger partial charge in [-0.15, -0.1) is 0 Å². The molecule has 2 rings (SSSR count). The van der Waals surface area contributed by atoms with Gasteiger partial charge >= 0.3 is 0 Å². The zero-order valence-corrected chi connectivity index (χ0v) is 15.7. The second-order valence-corrected chi connectivity index (χ2v) is 8.96. The molecule has 5 nitrogen and oxygen atoms in total. The molecule has 0 aromatic heterocycles. The second-order valence-electron chi connectivity index (χ2n) is 6.06. The van der Waals surface area contributed by atoms with Crippen LogP contribution in [0.25, 0.3) is 0 Å². The van der Waals surface area contributed by atoms with Crippen LogP contribution in [0.3, 0.4) is 0 Å². The summed E-state index contributed by atoms with van der Waals surface area (Å²) in [5, 5.41) is 2.96. The van der Waals surface area contributed by atoms with Crippen LogP contribution in [0.15, 0.2) is 28.7 Å². The Morgan fingerprint density at radius 2 is 1.83 bits per heavy atom. The highest BCUT2D eigenvalue weighted by molar-refractivity contribution is 9.10. The van der Waals surface area contributed by atoms with E-state index in [1.54, 1.807) is 0 Å². The van der Waals surface area contributed by atoms with Crippen LogP contribution >= 0.6 is 15.9 Å². The summed E-state index contributed by atoms with van der Waals surface area (Å²) in [7, 11) is -3.45. The monoisotopic (exact) mass is 402 g/mol. The van der Waals surface area contributed by atoms with Crippen molar-refractivity contribution >= 4 is 31.9 Å². The van der Waals surface area contributed by atoms with Crippen LogP contribution in [0.4, 0.5) is 0 Å². The first kappa shape index (κ1) is 18.4. The first-order chi connectivity index (χ1) is 10.8. The lowest BCUT2D eigenvalue weighted by Crippen LogP contribution is -2.44. The molecule has 0 aliphatic heterocycles. The van der Waals surface area contributed by atoms with Crippen molar-refractivity contribution in [3.8, 4) is 0 Å². The first-order valence-electron chi connectivity index (χ1n) is 7.83. The number of hydrogen-bond donors (Lipinski definition) is 1. The number of benzene rings is 1. The molecular formula is C16H23BrN2O3S. The minimum absolute atomic E-state index is 0.134. The Morgan fingerprint density at radius 1 is 1.22 bits per heavy atom. The number of halogens is 1. The zero-order chi connectivity index (χ0) is 16.9. The summed E-state index contributed by atoms with van der Waals surface area (Å²) in [5.74, 6) is -0.223. The summed E-state index contributed by atoms with van der Waals surface area (Å²) in [6.45, 7) is 0.0651. The summed E-state index contributed by atoms with van der Waals surface area (Å²) in [4.78, 5) is 12.2. The highest BCUT2D eigenvalue weighted by Gasteiger charge is 2.22. The van der Waals surface area contributed by atoms with Gasteiger partial charge in [-0.05, 0) is 30.5 Å². The molecule has 0 unspecified atom stereocenters. The van der Waals surface area contributed by atoms with E-state index < -0.39 is 10.0 Å². The molecule has 1 aromatic rings. The van der Waals surface area contributed by atoms with E-state index in [0.717, 1.165) is 42.0 Å². The molecule has 1 aliphatic rings. The lowest BCUT2D eigenvalue weighted by atomic mass is 9.95. The van der Waals surface area contributed by atoms with Gasteiger partial charge in [-0.3, -0.25) is 4.79 Å². The fourth-order valence-electron chi connectivity index (χ4n) is 2.76. The maximum Gasteiger partial charge on any atom is 0.235 e. The normalized spacial score (nSPS) is 16.5. The number of nitrogens with one attached hydrogen (secondary N) is 1. The van der Waals surface area contributed by atoms with Crippen LogP contribution in [0.2, 0.25) is 0 Å². The third kappa shape index (κ3) is 6.24. The molecule has 7 heteroatoms. The van der Waals surface area contributed by atoms with Crippen molar-refractivity contribution in [1.82, 2.24) is 9.62 Å². The van der Waals surface area contributed by atoms with Crippen molar-refractivity contribution in [3.63, 3.8) is 0 Å². The van der Waals surface area contributed by atoms with Crippen molar-refractivity contribution in [2.24, 2.45) is 0 Å². The average Bonchev–Trinajstić information content (AvgIpc) is 2.49. The lowest BCUT2D eigenvalue weighted by molar-refractivity contribution is -0.122.